The summed E-state index contributed by atoms with van der Waals surface area (Å²) in [6, 6.07) is 4.58. The maximum atomic E-state index is 14.7. The maximum Gasteiger partial charge on any atom is 0.225 e. The van der Waals surface area contributed by atoms with Crippen molar-refractivity contribution in [1.29, 1.82) is 0 Å². The molecule has 1 aromatic carbocycles. The SMILES string of the molecule is Nc1ccc(F)c([C@]23CN(c4ncc(F)cn4)C[C@H]2CSC(N)N3)c1. The van der Waals surface area contributed by atoms with Gasteiger partial charge in [-0.3, -0.25) is 5.32 Å². The summed E-state index contributed by atoms with van der Waals surface area (Å²) in [5, 5.41) is 3.36. The van der Waals surface area contributed by atoms with Gasteiger partial charge in [-0.15, -0.1) is 11.8 Å². The Balaban J connectivity index is 1.76. The van der Waals surface area contributed by atoms with E-state index in [1.807, 2.05) is 4.90 Å². The predicted molar refractivity (Wildman–Crippen MR) is 93.8 cm³/mol. The predicted octanol–water partition coefficient (Wildman–Crippen LogP) is 1.25. The van der Waals surface area contributed by atoms with E-state index in [2.05, 4.69) is 15.3 Å². The van der Waals surface area contributed by atoms with E-state index in [1.165, 1.54) is 12.1 Å². The molecule has 5 N–H and O–H groups in total. The number of nitrogens with zero attached hydrogens (tertiary/aromatic N) is 3. The van der Waals surface area contributed by atoms with Crippen molar-refractivity contribution in [3.63, 3.8) is 0 Å². The fourth-order valence-electron chi connectivity index (χ4n) is 3.68. The molecule has 0 bridgehead atoms. The van der Waals surface area contributed by atoms with Gasteiger partial charge in [0.25, 0.3) is 0 Å². The second-order valence-electron chi connectivity index (χ2n) is 6.39. The lowest BCUT2D eigenvalue weighted by Crippen LogP contribution is -2.59. The zero-order valence-electron chi connectivity index (χ0n) is 13.3. The largest absolute Gasteiger partial charge is 0.399 e. The Morgan fingerprint density at radius 1 is 1.28 bits per heavy atom. The number of thioether (sulfide) groups is 1. The van der Waals surface area contributed by atoms with Crippen molar-refractivity contribution in [3.8, 4) is 0 Å². The van der Waals surface area contributed by atoms with Gasteiger partial charge in [-0.2, -0.15) is 0 Å². The van der Waals surface area contributed by atoms with Crippen LogP contribution in [0.4, 0.5) is 20.4 Å². The van der Waals surface area contributed by atoms with Gasteiger partial charge in [0.05, 0.1) is 17.9 Å². The summed E-state index contributed by atoms with van der Waals surface area (Å²) in [4.78, 5) is 10.0. The monoisotopic (exact) mass is 364 g/mol. The average Bonchev–Trinajstić information content (AvgIpc) is 2.97. The van der Waals surface area contributed by atoms with Crippen LogP contribution in [-0.2, 0) is 5.54 Å². The Bertz CT molecular complexity index is 789. The zero-order chi connectivity index (χ0) is 17.6. The molecule has 9 heteroatoms. The minimum absolute atomic E-state index is 0.0854. The minimum Gasteiger partial charge on any atom is -0.399 e. The van der Waals surface area contributed by atoms with Crippen LogP contribution >= 0.6 is 11.8 Å². The molecule has 2 aliphatic rings. The highest BCUT2D eigenvalue weighted by Crippen LogP contribution is 2.44. The van der Waals surface area contributed by atoms with E-state index in [-0.39, 0.29) is 17.2 Å². The number of hydrogen-bond donors (Lipinski definition) is 3. The van der Waals surface area contributed by atoms with Crippen molar-refractivity contribution >= 4 is 23.4 Å². The smallest absolute Gasteiger partial charge is 0.225 e. The van der Waals surface area contributed by atoms with Gasteiger partial charge >= 0.3 is 0 Å². The molecule has 2 fully saturated rings. The number of rotatable bonds is 2. The van der Waals surface area contributed by atoms with Gasteiger partial charge in [0.1, 0.15) is 11.3 Å². The van der Waals surface area contributed by atoms with Crippen molar-refractivity contribution in [2.75, 3.05) is 29.5 Å². The molecule has 2 saturated heterocycles. The van der Waals surface area contributed by atoms with Crippen LogP contribution in [0.15, 0.2) is 30.6 Å². The molecule has 0 saturated carbocycles. The molecular formula is C16H18F2N6S. The van der Waals surface area contributed by atoms with Crippen LogP contribution < -0.4 is 21.7 Å². The summed E-state index contributed by atoms with van der Waals surface area (Å²) in [5.74, 6) is 0.447. The highest BCUT2D eigenvalue weighted by Gasteiger charge is 2.52. The van der Waals surface area contributed by atoms with Gasteiger partial charge in [-0.05, 0) is 18.2 Å². The lowest BCUT2D eigenvalue weighted by Gasteiger charge is -2.42. The summed E-state index contributed by atoms with van der Waals surface area (Å²) in [6.45, 7) is 1.05. The van der Waals surface area contributed by atoms with Crippen LogP contribution in [0.1, 0.15) is 5.56 Å². The van der Waals surface area contributed by atoms with E-state index < -0.39 is 11.4 Å². The number of nitrogens with one attached hydrogen (secondary N) is 1. The van der Waals surface area contributed by atoms with Gasteiger partial charge < -0.3 is 16.4 Å². The summed E-state index contributed by atoms with van der Waals surface area (Å²) in [7, 11) is 0. The minimum atomic E-state index is -0.693. The summed E-state index contributed by atoms with van der Waals surface area (Å²) < 4.78 is 27.8. The van der Waals surface area contributed by atoms with E-state index in [0.29, 0.717) is 30.3 Å². The van der Waals surface area contributed by atoms with E-state index in [0.717, 1.165) is 18.1 Å². The van der Waals surface area contributed by atoms with Gasteiger partial charge in [0.2, 0.25) is 5.95 Å². The zero-order valence-corrected chi connectivity index (χ0v) is 14.1. The number of benzene rings is 1. The fraction of sp³-hybridized carbons (Fsp3) is 0.375. The van der Waals surface area contributed by atoms with Crippen LogP contribution in [0.5, 0.6) is 0 Å². The van der Waals surface area contributed by atoms with Gasteiger partial charge in [-0.1, -0.05) is 0 Å². The molecule has 0 aliphatic carbocycles. The number of nitrogen functional groups attached to an aromatic ring is 1. The normalized spacial score (nSPS) is 28.8. The molecule has 3 atom stereocenters. The first kappa shape index (κ1) is 16.5. The molecule has 0 radical (unpaired) electrons. The average molecular weight is 364 g/mol. The quantitative estimate of drug-likeness (QED) is 0.691. The molecule has 2 aliphatic heterocycles. The van der Waals surface area contributed by atoms with Gasteiger partial charge in [-0.25, -0.2) is 18.7 Å². The van der Waals surface area contributed by atoms with Crippen molar-refractivity contribution in [1.82, 2.24) is 15.3 Å². The second kappa shape index (κ2) is 6.08. The van der Waals surface area contributed by atoms with Crippen LogP contribution in [0.3, 0.4) is 0 Å². The molecule has 3 heterocycles. The topological polar surface area (TPSA) is 93.1 Å². The number of hydrogen-bond acceptors (Lipinski definition) is 7. The highest BCUT2D eigenvalue weighted by molar-refractivity contribution is 7.99. The van der Waals surface area contributed by atoms with E-state index in [1.54, 1.807) is 17.8 Å². The molecular weight excluding hydrogens is 346 g/mol. The molecule has 0 spiro atoms. The van der Waals surface area contributed by atoms with Crippen molar-refractivity contribution in [2.45, 2.75) is 11.0 Å². The summed E-state index contributed by atoms with van der Waals surface area (Å²) in [5.41, 5.74) is 12.0. The van der Waals surface area contributed by atoms with Crippen molar-refractivity contribution in [2.24, 2.45) is 11.7 Å². The molecule has 6 nitrogen and oxygen atoms in total. The molecule has 1 aromatic heterocycles. The first-order chi connectivity index (χ1) is 12.0. The third-order valence-corrected chi connectivity index (χ3v) is 5.89. The highest BCUT2D eigenvalue weighted by atomic mass is 32.2. The summed E-state index contributed by atoms with van der Waals surface area (Å²) in [6.07, 6.45) is 2.26. The molecule has 25 heavy (non-hydrogen) atoms. The fourth-order valence-corrected chi connectivity index (χ4v) is 4.80. The van der Waals surface area contributed by atoms with E-state index >= 15 is 0 Å². The number of fused-ring (bicyclic) bond motifs is 1. The Kier molecular flexibility index (Phi) is 4.01. The van der Waals surface area contributed by atoms with Gasteiger partial charge in [0, 0.05) is 36.0 Å². The molecule has 2 aromatic rings. The second-order valence-corrected chi connectivity index (χ2v) is 7.56. The Hall–Kier alpha value is -1.97. The number of nitrogens with two attached hydrogens (primary N) is 2. The number of anilines is 2. The van der Waals surface area contributed by atoms with E-state index in [4.69, 9.17) is 11.5 Å². The third-order valence-electron chi connectivity index (χ3n) is 4.82. The lowest BCUT2D eigenvalue weighted by molar-refractivity contribution is 0.265. The van der Waals surface area contributed by atoms with Crippen LogP contribution in [0, 0.1) is 17.6 Å². The van der Waals surface area contributed by atoms with E-state index in [9.17, 15) is 8.78 Å². The third kappa shape index (κ3) is 2.82. The number of halogens is 2. The van der Waals surface area contributed by atoms with Crippen molar-refractivity contribution < 1.29 is 8.78 Å². The Morgan fingerprint density at radius 2 is 2.04 bits per heavy atom. The molecule has 132 valence electrons. The molecule has 0 amide bonds. The van der Waals surface area contributed by atoms with Crippen LogP contribution in [-0.4, -0.2) is 34.3 Å². The Labute approximate surface area is 148 Å². The summed E-state index contributed by atoms with van der Waals surface area (Å²) >= 11 is 1.58. The molecule has 4 rings (SSSR count). The van der Waals surface area contributed by atoms with Crippen LogP contribution in [0.2, 0.25) is 0 Å². The van der Waals surface area contributed by atoms with Gasteiger partial charge in [0.15, 0.2) is 5.82 Å². The Morgan fingerprint density at radius 3 is 2.80 bits per heavy atom. The lowest BCUT2D eigenvalue weighted by atomic mass is 9.80. The first-order valence-corrected chi connectivity index (χ1v) is 8.96. The van der Waals surface area contributed by atoms with Crippen LogP contribution in [0.25, 0.3) is 0 Å². The first-order valence-electron chi connectivity index (χ1n) is 7.91. The number of aromatic nitrogens is 2. The standard InChI is InChI=1S/C16H18F2N6S/c17-10-4-21-15(22-5-10)24-6-9-7-25-14(20)23-16(9,8-24)12-3-11(19)1-2-13(12)18/h1-5,9,14,23H,6-8,19-20H2/t9-,14?,16-/m0/s1. The molecule has 1 unspecified atom stereocenters. The maximum absolute atomic E-state index is 14.7. The van der Waals surface area contributed by atoms with Crippen molar-refractivity contribution in [3.05, 3.63) is 47.8 Å².